The van der Waals surface area contributed by atoms with Gasteiger partial charge in [-0.1, -0.05) is 0 Å². The first kappa shape index (κ1) is 20.7. The summed E-state index contributed by atoms with van der Waals surface area (Å²) in [5.74, 6) is -0.176. The maximum absolute atomic E-state index is 12.4. The Morgan fingerprint density at radius 1 is 1.07 bits per heavy atom. The van der Waals surface area contributed by atoms with E-state index in [9.17, 15) is 9.59 Å². The average molecular weight is 390 g/mol. The predicted octanol–water partition coefficient (Wildman–Crippen LogP) is 0.441. The minimum Gasteiger partial charge on any atom is -0.381 e. The quantitative estimate of drug-likeness (QED) is 0.624. The number of nitrogens with one attached hydrogen (secondary N) is 2. The van der Waals surface area contributed by atoms with Crippen LogP contribution in [0, 0.1) is 5.92 Å². The summed E-state index contributed by atoms with van der Waals surface area (Å²) in [6, 6.07) is 6.32. The second kappa shape index (κ2) is 10.5. The first-order valence-electron chi connectivity index (χ1n) is 9.96. The molecule has 2 fully saturated rings. The molecule has 3 rings (SSSR count). The summed E-state index contributed by atoms with van der Waals surface area (Å²) in [7, 11) is 0. The third-order valence-corrected chi connectivity index (χ3v) is 5.31. The Bertz CT molecular complexity index is 640. The van der Waals surface area contributed by atoms with Crippen LogP contribution < -0.4 is 16.4 Å². The lowest BCUT2D eigenvalue weighted by Gasteiger charge is -2.26. The second-order valence-electron chi connectivity index (χ2n) is 7.25. The number of morpholine rings is 1. The number of ether oxygens (including phenoxy) is 2. The van der Waals surface area contributed by atoms with Crippen molar-refractivity contribution in [2.75, 3.05) is 57.9 Å². The molecule has 0 saturated carbocycles. The molecule has 2 saturated heterocycles. The van der Waals surface area contributed by atoms with Crippen LogP contribution in [0.5, 0.6) is 0 Å². The number of rotatable bonds is 7. The number of benzene rings is 1. The lowest BCUT2D eigenvalue weighted by atomic mass is 9.92. The van der Waals surface area contributed by atoms with Crippen LogP contribution >= 0.6 is 0 Å². The number of amides is 2. The Morgan fingerprint density at radius 2 is 1.71 bits per heavy atom. The van der Waals surface area contributed by atoms with Crippen molar-refractivity contribution in [2.24, 2.45) is 11.7 Å². The first-order valence-corrected chi connectivity index (χ1v) is 9.96. The van der Waals surface area contributed by atoms with Crippen LogP contribution in [0.15, 0.2) is 24.3 Å². The Kier molecular flexibility index (Phi) is 7.79. The first-order chi connectivity index (χ1) is 13.6. The molecule has 8 heteroatoms. The highest BCUT2D eigenvalue weighted by atomic mass is 16.5. The molecule has 2 aliphatic rings. The molecule has 2 heterocycles. The van der Waals surface area contributed by atoms with Gasteiger partial charge >= 0.3 is 0 Å². The van der Waals surface area contributed by atoms with E-state index in [1.807, 2.05) is 0 Å². The van der Waals surface area contributed by atoms with Crippen LogP contribution in [0.3, 0.4) is 0 Å². The van der Waals surface area contributed by atoms with Gasteiger partial charge in [-0.2, -0.15) is 0 Å². The van der Waals surface area contributed by atoms with Crippen LogP contribution in [0.25, 0.3) is 0 Å². The number of anilines is 1. The van der Waals surface area contributed by atoms with Crippen molar-refractivity contribution in [1.29, 1.82) is 0 Å². The van der Waals surface area contributed by atoms with E-state index in [2.05, 4.69) is 15.5 Å². The van der Waals surface area contributed by atoms with Crippen molar-refractivity contribution in [3.8, 4) is 0 Å². The standard InChI is InChI=1S/C20H30N4O4/c21-18(15-5-11-27-12-6-15)20(26)23-17-3-1-16(2-4-17)19(25)22-7-8-24-9-13-28-14-10-24/h1-4,15,18H,5-14,21H2,(H,22,25)(H,23,26). The largest absolute Gasteiger partial charge is 0.381 e. The summed E-state index contributed by atoms with van der Waals surface area (Å²) in [6.45, 7) is 6.02. The van der Waals surface area contributed by atoms with Crippen molar-refractivity contribution >= 4 is 17.5 Å². The topological polar surface area (TPSA) is 106 Å². The van der Waals surface area contributed by atoms with Gasteiger partial charge in [0, 0.05) is 50.6 Å². The molecule has 154 valence electrons. The van der Waals surface area contributed by atoms with E-state index in [0.29, 0.717) is 31.0 Å². The van der Waals surface area contributed by atoms with Crippen molar-refractivity contribution in [2.45, 2.75) is 18.9 Å². The number of hydrogen-bond donors (Lipinski definition) is 3. The molecule has 1 aromatic carbocycles. The molecule has 2 amide bonds. The molecular weight excluding hydrogens is 360 g/mol. The molecule has 0 bridgehead atoms. The van der Waals surface area contributed by atoms with E-state index in [1.54, 1.807) is 24.3 Å². The molecule has 8 nitrogen and oxygen atoms in total. The fraction of sp³-hybridized carbons (Fsp3) is 0.600. The Balaban J connectivity index is 1.43. The van der Waals surface area contributed by atoms with Crippen LogP contribution in [-0.4, -0.2) is 75.4 Å². The maximum Gasteiger partial charge on any atom is 0.251 e. The van der Waals surface area contributed by atoms with E-state index < -0.39 is 6.04 Å². The van der Waals surface area contributed by atoms with Gasteiger partial charge < -0.3 is 25.8 Å². The Morgan fingerprint density at radius 3 is 2.39 bits per heavy atom. The minimum atomic E-state index is -0.549. The van der Waals surface area contributed by atoms with Crippen LogP contribution in [0.2, 0.25) is 0 Å². The monoisotopic (exact) mass is 390 g/mol. The smallest absolute Gasteiger partial charge is 0.251 e. The summed E-state index contributed by atoms with van der Waals surface area (Å²) in [5.41, 5.74) is 7.29. The zero-order chi connectivity index (χ0) is 19.8. The highest BCUT2D eigenvalue weighted by Crippen LogP contribution is 2.19. The van der Waals surface area contributed by atoms with Crippen LogP contribution in [0.4, 0.5) is 5.69 Å². The van der Waals surface area contributed by atoms with E-state index in [4.69, 9.17) is 15.2 Å². The summed E-state index contributed by atoms with van der Waals surface area (Å²) >= 11 is 0. The van der Waals surface area contributed by atoms with Gasteiger partial charge in [0.15, 0.2) is 0 Å². The molecule has 1 unspecified atom stereocenters. The Hall–Kier alpha value is -2.00. The highest BCUT2D eigenvalue weighted by Gasteiger charge is 2.26. The fourth-order valence-corrected chi connectivity index (χ4v) is 3.47. The van der Waals surface area contributed by atoms with Gasteiger partial charge in [0.05, 0.1) is 19.3 Å². The number of nitrogens with two attached hydrogens (primary N) is 1. The molecule has 0 spiro atoms. The molecule has 0 aliphatic carbocycles. The third-order valence-electron chi connectivity index (χ3n) is 5.31. The number of carbonyl (C=O) groups excluding carboxylic acids is 2. The van der Waals surface area contributed by atoms with Gasteiger partial charge in [-0.3, -0.25) is 14.5 Å². The van der Waals surface area contributed by atoms with Crippen LogP contribution in [0.1, 0.15) is 23.2 Å². The number of hydrogen-bond acceptors (Lipinski definition) is 6. The molecule has 2 aliphatic heterocycles. The maximum atomic E-state index is 12.4. The van der Waals surface area contributed by atoms with Crippen molar-refractivity contribution < 1.29 is 19.1 Å². The van der Waals surface area contributed by atoms with Gasteiger partial charge in [-0.25, -0.2) is 0 Å². The minimum absolute atomic E-state index is 0.120. The van der Waals surface area contributed by atoms with E-state index in [1.165, 1.54) is 0 Å². The molecule has 28 heavy (non-hydrogen) atoms. The summed E-state index contributed by atoms with van der Waals surface area (Å²) < 4.78 is 10.6. The second-order valence-corrected chi connectivity index (χ2v) is 7.25. The number of nitrogens with zero attached hydrogens (tertiary/aromatic N) is 1. The van der Waals surface area contributed by atoms with Gasteiger partial charge in [-0.05, 0) is 43.0 Å². The SMILES string of the molecule is NC(C(=O)Nc1ccc(C(=O)NCCN2CCOCC2)cc1)C1CCOCC1. The molecule has 1 atom stereocenters. The van der Waals surface area contributed by atoms with Gasteiger partial charge in [0.25, 0.3) is 5.91 Å². The number of carbonyl (C=O) groups is 2. The molecule has 0 aromatic heterocycles. The van der Waals surface area contributed by atoms with E-state index >= 15 is 0 Å². The van der Waals surface area contributed by atoms with Gasteiger partial charge in [0.1, 0.15) is 0 Å². The lowest BCUT2D eigenvalue weighted by Crippen LogP contribution is -2.44. The zero-order valence-corrected chi connectivity index (χ0v) is 16.2. The van der Waals surface area contributed by atoms with E-state index in [-0.39, 0.29) is 17.7 Å². The lowest BCUT2D eigenvalue weighted by molar-refractivity contribution is -0.119. The zero-order valence-electron chi connectivity index (χ0n) is 16.2. The van der Waals surface area contributed by atoms with Crippen molar-refractivity contribution in [3.05, 3.63) is 29.8 Å². The van der Waals surface area contributed by atoms with E-state index in [0.717, 1.165) is 45.7 Å². The summed E-state index contributed by atoms with van der Waals surface area (Å²) in [6.07, 6.45) is 1.61. The summed E-state index contributed by atoms with van der Waals surface area (Å²) in [5, 5.41) is 5.76. The Labute approximate surface area is 165 Å². The third kappa shape index (κ3) is 6.00. The highest BCUT2D eigenvalue weighted by molar-refractivity contribution is 5.97. The molecule has 4 N–H and O–H groups in total. The van der Waals surface area contributed by atoms with Crippen LogP contribution in [-0.2, 0) is 14.3 Å². The van der Waals surface area contributed by atoms with Gasteiger partial charge in [0.2, 0.25) is 5.91 Å². The molecule has 0 radical (unpaired) electrons. The molecular formula is C20H30N4O4. The fourth-order valence-electron chi connectivity index (χ4n) is 3.47. The van der Waals surface area contributed by atoms with Gasteiger partial charge in [-0.15, -0.1) is 0 Å². The normalized spacial score (nSPS) is 19.8. The van der Waals surface area contributed by atoms with Crippen molar-refractivity contribution in [1.82, 2.24) is 10.2 Å². The summed E-state index contributed by atoms with van der Waals surface area (Å²) in [4.78, 5) is 26.9. The predicted molar refractivity (Wildman–Crippen MR) is 106 cm³/mol. The molecule has 1 aromatic rings. The average Bonchev–Trinajstić information content (AvgIpc) is 2.75. The van der Waals surface area contributed by atoms with Crippen molar-refractivity contribution in [3.63, 3.8) is 0 Å².